The molecule has 1 amide bonds. The summed E-state index contributed by atoms with van der Waals surface area (Å²) in [6, 6.07) is 20.9. The molecule has 0 heterocycles. The number of benzene rings is 5. The van der Waals surface area contributed by atoms with Gasteiger partial charge in [0.1, 0.15) is 16.3 Å². The number of nitrogens with one attached hydrogen (secondary N) is 1. The number of carbonyl (C=O) groups is 1. The van der Waals surface area contributed by atoms with E-state index in [2.05, 4.69) is 15.5 Å². The largest absolute Gasteiger partial charge is 1.00 e. The molecule has 0 aliphatic heterocycles. The van der Waals surface area contributed by atoms with Crippen LogP contribution in [0.2, 0.25) is 5.02 Å². The van der Waals surface area contributed by atoms with Crippen molar-refractivity contribution in [3.05, 3.63) is 95.0 Å². The first kappa shape index (κ1) is 30.4. The first-order valence-corrected chi connectivity index (χ1v) is 13.7. The van der Waals surface area contributed by atoms with Crippen LogP contribution in [0.25, 0.3) is 21.5 Å². The van der Waals surface area contributed by atoms with E-state index in [-0.39, 0.29) is 51.9 Å². The molecule has 5 aromatic rings. The summed E-state index contributed by atoms with van der Waals surface area (Å²) in [6.45, 7) is 1.71. The Morgan fingerprint density at radius 3 is 2.34 bits per heavy atom. The van der Waals surface area contributed by atoms with Gasteiger partial charge < -0.3 is 15.2 Å². The van der Waals surface area contributed by atoms with Crippen molar-refractivity contribution in [3.8, 4) is 11.5 Å². The quantitative estimate of drug-likeness (QED) is 0.172. The van der Waals surface area contributed by atoms with Crippen LogP contribution in [-0.2, 0) is 10.1 Å². The molecule has 12 heteroatoms. The summed E-state index contributed by atoms with van der Waals surface area (Å²) < 4.78 is 40.0. The van der Waals surface area contributed by atoms with E-state index in [0.29, 0.717) is 38.2 Å². The second-order valence-electron chi connectivity index (χ2n) is 8.88. The van der Waals surface area contributed by atoms with E-state index < -0.39 is 26.7 Å². The fraction of sp³-hybridized carbons (Fsp3) is 0.0690. The third-order valence-corrected chi connectivity index (χ3v) is 7.58. The fourth-order valence-electron chi connectivity index (χ4n) is 4.49. The molecule has 0 radical (unpaired) electrons. The number of aryl methyl sites for hydroxylation is 1. The van der Waals surface area contributed by atoms with Gasteiger partial charge in [0.25, 0.3) is 16.0 Å². The Morgan fingerprint density at radius 2 is 1.66 bits per heavy atom. The van der Waals surface area contributed by atoms with Crippen LogP contribution in [-0.4, -0.2) is 26.0 Å². The molecule has 0 saturated heterocycles. The zero-order chi connectivity index (χ0) is 28.6. The number of carbonyl (C=O) groups excluding carboxylic acids is 1. The zero-order valence-corrected chi connectivity index (χ0v) is 25.7. The van der Waals surface area contributed by atoms with Crippen molar-refractivity contribution in [2.45, 2.75) is 11.8 Å². The Kier molecular flexibility index (Phi) is 9.03. The van der Waals surface area contributed by atoms with Gasteiger partial charge in [0.2, 0.25) is 0 Å². The number of halogens is 1. The number of amides is 1. The van der Waals surface area contributed by atoms with Gasteiger partial charge in [-0.25, -0.2) is 0 Å². The number of anilines is 1. The first-order valence-electron chi connectivity index (χ1n) is 11.9. The molecule has 41 heavy (non-hydrogen) atoms. The summed E-state index contributed by atoms with van der Waals surface area (Å²) >= 11 is 6.30. The van der Waals surface area contributed by atoms with Gasteiger partial charge in [-0.1, -0.05) is 53.7 Å². The van der Waals surface area contributed by atoms with Crippen LogP contribution in [0.5, 0.6) is 11.5 Å². The molecule has 0 atom stereocenters. The summed E-state index contributed by atoms with van der Waals surface area (Å²) in [6.07, 6.45) is 0. The van der Waals surface area contributed by atoms with Gasteiger partial charge in [-0.05, 0) is 60.3 Å². The van der Waals surface area contributed by atoms with Crippen molar-refractivity contribution in [1.82, 2.24) is 0 Å². The summed E-state index contributed by atoms with van der Waals surface area (Å²) in [7, 11) is -3.25. The molecule has 202 valence electrons. The van der Waals surface area contributed by atoms with Crippen LogP contribution in [0, 0.1) is 6.92 Å². The Bertz CT molecular complexity index is 1950. The SMILES string of the molecule is COc1ccc(NC(=O)c2cc3ccccc3c(N=Nc3cc(C)c4c(Cl)cccc4c3S(=O)(=O)O)c2[O-])cc1.[Na+]. The molecule has 5 aromatic carbocycles. The molecular weight excluding hydrogens is 577 g/mol. The van der Waals surface area contributed by atoms with E-state index in [1.807, 2.05) is 0 Å². The molecule has 0 unspecified atom stereocenters. The minimum absolute atomic E-state index is 0. The van der Waals surface area contributed by atoms with Crippen LogP contribution >= 0.6 is 11.6 Å². The molecule has 5 rings (SSSR count). The molecule has 0 fully saturated rings. The van der Waals surface area contributed by atoms with E-state index in [1.165, 1.54) is 25.3 Å². The third kappa shape index (κ3) is 6.08. The van der Waals surface area contributed by atoms with Gasteiger partial charge >= 0.3 is 29.6 Å². The van der Waals surface area contributed by atoms with Crippen LogP contribution in [0.15, 0.2) is 94.0 Å². The average Bonchev–Trinajstić information content (AvgIpc) is 2.91. The molecule has 0 saturated carbocycles. The number of hydrogen-bond donors (Lipinski definition) is 2. The monoisotopic (exact) mass is 597 g/mol. The number of nitrogens with zero attached hydrogens (tertiary/aromatic N) is 2. The molecule has 0 aromatic heterocycles. The van der Waals surface area contributed by atoms with Crippen molar-refractivity contribution in [2.24, 2.45) is 10.2 Å². The van der Waals surface area contributed by atoms with E-state index in [0.717, 1.165) is 0 Å². The smallest absolute Gasteiger partial charge is 0.870 e. The zero-order valence-electron chi connectivity index (χ0n) is 22.2. The Balaban J connectivity index is 0.00000387. The van der Waals surface area contributed by atoms with Crippen LogP contribution in [0.3, 0.4) is 0 Å². The maximum absolute atomic E-state index is 13.5. The van der Waals surface area contributed by atoms with E-state index >= 15 is 0 Å². The Hall–Kier alpha value is -3.51. The van der Waals surface area contributed by atoms with Crippen LogP contribution in [0.1, 0.15) is 15.9 Å². The molecule has 0 aliphatic carbocycles. The molecule has 0 bridgehead atoms. The molecule has 9 nitrogen and oxygen atoms in total. The van der Waals surface area contributed by atoms with Crippen molar-refractivity contribution in [2.75, 3.05) is 12.4 Å². The molecule has 0 spiro atoms. The van der Waals surface area contributed by atoms with E-state index in [4.69, 9.17) is 16.3 Å². The molecule has 2 N–H and O–H groups in total. The summed E-state index contributed by atoms with van der Waals surface area (Å²) in [5.41, 5.74) is 0.501. The second kappa shape index (κ2) is 12.2. The number of fused-ring (bicyclic) bond motifs is 2. The second-order valence-corrected chi connectivity index (χ2v) is 10.7. The predicted molar refractivity (Wildman–Crippen MR) is 152 cm³/mol. The Labute approximate surface area is 262 Å². The number of hydrogen-bond acceptors (Lipinski definition) is 7. The summed E-state index contributed by atoms with van der Waals surface area (Å²) in [5.74, 6) is -0.763. The van der Waals surface area contributed by atoms with Crippen molar-refractivity contribution >= 4 is 66.2 Å². The molecule has 0 aliphatic rings. The fourth-order valence-corrected chi connectivity index (χ4v) is 5.63. The standard InChI is InChI=1S/C29H22ClN3O6S.Na/c1-16-14-24(28(40(36,37)38)21-8-5-9-23(30)25(16)21)32-33-26-20-7-4-3-6-17(20)15-22(27(26)34)29(35)31-18-10-12-19(39-2)13-11-18;/h3-15,34H,1-2H3,(H,31,35)(H,36,37,38);/q;+1/p-1. The summed E-state index contributed by atoms with van der Waals surface area (Å²) in [5, 5.41) is 26.3. The minimum atomic E-state index is -4.78. The topological polar surface area (TPSA) is 140 Å². The van der Waals surface area contributed by atoms with Gasteiger partial charge in [-0.15, -0.1) is 5.11 Å². The third-order valence-electron chi connectivity index (χ3n) is 6.32. The van der Waals surface area contributed by atoms with Crippen LogP contribution in [0.4, 0.5) is 17.1 Å². The first-order chi connectivity index (χ1) is 19.1. The normalized spacial score (nSPS) is 11.5. The van der Waals surface area contributed by atoms with Crippen molar-refractivity contribution < 1.29 is 57.2 Å². The minimum Gasteiger partial charge on any atom is -0.870 e. The van der Waals surface area contributed by atoms with Gasteiger partial charge in [0.15, 0.2) is 0 Å². The average molecular weight is 598 g/mol. The van der Waals surface area contributed by atoms with E-state index in [9.17, 15) is 22.9 Å². The number of methoxy groups -OCH3 is 1. The Morgan fingerprint density at radius 1 is 0.976 bits per heavy atom. The maximum atomic E-state index is 13.5. The van der Waals surface area contributed by atoms with Gasteiger partial charge in [0, 0.05) is 32.4 Å². The van der Waals surface area contributed by atoms with E-state index in [1.54, 1.807) is 67.6 Å². The number of ether oxygens (including phenoxy) is 1. The van der Waals surface area contributed by atoms with Gasteiger partial charge in [-0.3, -0.25) is 9.35 Å². The van der Waals surface area contributed by atoms with Crippen LogP contribution < -0.4 is 44.7 Å². The van der Waals surface area contributed by atoms with Crippen molar-refractivity contribution in [1.29, 1.82) is 0 Å². The molecular formula is C29H21ClN3NaO6S. The number of azo groups is 1. The van der Waals surface area contributed by atoms with Gasteiger partial charge in [-0.2, -0.15) is 13.5 Å². The predicted octanol–water partition coefficient (Wildman–Crippen LogP) is 3.96. The number of rotatable bonds is 6. The van der Waals surface area contributed by atoms with Crippen molar-refractivity contribution in [3.63, 3.8) is 0 Å². The van der Waals surface area contributed by atoms with Gasteiger partial charge in [0.05, 0.1) is 12.8 Å². The summed E-state index contributed by atoms with van der Waals surface area (Å²) in [4.78, 5) is 12.6. The maximum Gasteiger partial charge on any atom is 1.00 e.